The van der Waals surface area contributed by atoms with Gasteiger partial charge in [-0.05, 0) is 36.1 Å². The number of piperazine rings is 1. The molecule has 0 unspecified atom stereocenters. The summed E-state index contributed by atoms with van der Waals surface area (Å²) in [4.78, 5) is 11.2. The second-order valence-corrected chi connectivity index (χ2v) is 8.97. The maximum Gasteiger partial charge on any atom is 0.222 e. The third-order valence-electron chi connectivity index (χ3n) is 5.76. The number of nitrogens with zero attached hydrogens (tertiary/aromatic N) is 5. The molecule has 3 N–H and O–H groups in total. The van der Waals surface area contributed by atoms with E-state index in [1.54, 1.807) is 0 Å². The Labute approximate surface area is 185 Å². The van der Waals surface area contributed by atoms with Gasteiger partial charge in [0.25, 0.3) is 0 Å². The molecule has 1 fully saturated rings. The predicted octanol–water partition coefficient (Wildman–Crippen LogP) is 3.80. The van der Waals surface area contributed by atoms with E-state index in [9.17, 15) is 0 Å². The number of hydrogen-bond acceptors (Lipinski definition) is 6. The number of nitrogens with one attached hydrogen (secondary N) is 1. The SMILES string of the molecule is Cc1c(-c2ccc(Br)c([C@H]3CN(c4cc(C(C)C)nc(N)n4)CCN3)c2)cnn1C. The summed E-state index contributed by atoms with van der Waals surface area (Å²) in [6, 6.07) is 8.75. The van der Waals surface area contributed by atoms with Crippen LogP contribution in [0.15, 0.2) is 34.9 Å². The fourth-order valence-electron chi connectivity index (χ4n) is 3.86. The molecule has 1 aliphatic rings. The molecule has 0 spiro atoms. The highest BCUT2D eigenvalue weighted by Gasteiger charge is 2.25. The summed E-state index contributed by atoms with van der Waals surface area (Å²) >= 11 is 3.76. The Morgan fingerprint density at radius 3 is 2.73 bits per heavy atom. The number of hydrogen-bond donors (Lipinski definition) is 2. The number of aromatic nitrogens is 4. The lowest BCUT2D eigenvalue weighted by molar-refractivity contribution is 0.468. The monoisotopic (exact) mass is 469 g/mol. The van der Waals surface area contributed by atoms with E-state index in [4.69, 9.17) is 5.73 Å². The average Bonchev–Trinajstić information content (AvgIpc) is 3.06. The fraction of sp³-hybridized carbons (Fsp3) is 0.409. The minimum atomic E-state index is 0.170. The van der Waals surface area contributed by atoms with Crippen molar-refractivity contribution in [3.63, 3.8) is 0 Å². The number of aryl methyl sites for hydroxylation is 1. The van der Waals surface area contributed by atoms with E-state index >= 15 is 0 Å². The number of nitrogen functional groups attached to an aromatic ring is 1. The van der Waals surface area contributed by atoms with Gasteiger partial charge >= 0.3 is 0 Å². The standard InChI is InChI=1S/C22H28BrN7/c1-13(2)19-10-21(28-22(24)27-19)30-8-7-25-20(12-30)16-9-15(5-6-18(16)23)17-11-26-29(4)14(17)3/h5-6,9-11,13,20,25H,7-8,12H2,1-4H3,(H2,24,27,28)/t20-/m1/s1. The number of rotatable bonds is 4. The highest BCUT2D eigenvalue weighted by Crippen LogP contribution is 2.33. The minimum absolute atomic E-state index is 0.170. The molecular formula is C22H28BrN7. The van der Waals surface area contributed by atoms with Gasteiger partial charge in [0, 0.05) is 48.5 Å². The van der Waals surface area contributed by atoms with Crippen LogP contribution in [-0.4, -0.2) is 39.4 Å². The van der Waals surface area contributed by atoms with Crippen molar-refractivity contribution in [2.24, 2.45) is 7.05 Å². The summed E-state index contributed by atoms with van der Waals surface area (Å²) in [6.07, 6.45) is 1.93. The number of nitrogens with two attached hydrogens (primary N) is 1. The molecule has 3 aromatic rings. The van der Waals surface area contributed by atoms with Gasteiger partial charge in [-0.3, -0.25) is 4.68 Å². The predicted molar refractivity (Wildman–Crippen MR) is 125 cm³/mol. The highest BCUT2D eigenvalue weighted by atomic mass is 79.9. The molecule has 0 bridgehead atoms. The normalized spacial score (nSPS) is 17.0. The van der Waals surface area contributed by atoms with Crippen molar-refractivity contribution < 1.29 is 0 Å². The molecule has 158 valence electrons. The van der Waals surface area contributed by atoms with Crippen LogP contribution in [0, 0.1) is 6.92 Å². The number of anilines is 2. The van der Waals surface area contributed by atoms with Crippen LogP contribution in [0.3, 0.4) is 0 Å². The first-order valence-electron chi connectivity index (χ1n) is 10.2. The lowest BCUT2D eigenvalue weighted by Gasteiger charge is -2.35. The van der Waals surface area contributed by atoms with Gasteiger partial charge in [0.05, 0.1) is 17.9 Å². The summed E-state index contributed by atoms with van der Waals surface area (Å²) in [7, 11) is 1.97. The largest absolute Gasteiger partial charge is 0.368 e. The van der Waals surface area contributed by atoms with Crippen LogP contribution in [0.4, 0.5) is 11.8 Å². The van der Waals surface area contributed by atoms with Crippen molar-refractivity contribution in [2.45, 2.75) is 32.7 Å². The Hall–Kier alpha value is -2.45. The van der Waals surface area contributed by atoms with Crippen LogP contribution in [0.2, 0.25) is 0 Å². The van der Waals surface area contributed by atoms with Crippen molar-refractivity contribution in [2.75, 3.05) is 30.3 Å². The summed E-state index contributed by atoms with van der Waals surface area (Å²) in [5.74, 6) is 1.54. The molecule has 1 atom stereocenters. The Kier molecular flexibility index (Phi) is 5.79. The van der Waals surface area contributed by atoms with Crippen molar-refractivity contribution in [1.82, 2.24) is 25.1 Å². The quantitative estimate of drug-likeness (QED) is 0.604. The first kappa shape index (κ1) is 20.8. The molecule has 1 saturated heterocycles. The van der Waals surface area contributed by atoms with Gasteiger partial charge in [0.2, 0.25) is 5.95 Å². The highest BCUT2D eigenvalue weighted by molar-refractivity contribution is 9.10. The van der Waals surface area contributed by atoms with Crippen LogP contribution in [0.1, 0.15) is 42.8 Å². The zero-order valence-electron chi connectivity index (χ0n) is 17.9. The molecule has 0 amide bonds. The summed E-state index contributed by atoms with van der Waals surface area (Å²) in [5.41, 5.74) is 11.7. The van der Waals surface area contributed by atoms with Gasteiger partial charge in [-0.15, -0.1) is 0 Å². The molecule has 0 aliphatic carbocycles. The molecule has 30 heavy (non-hydrogen) atoms. The molecule has 7 nitrogen and oxygen atoms in total. The zero-order chi connectivity index (χ0) is 21.4. The van der Waals surface area contributed by atoms with Gasteiger partial charge in [-0.1, -0.05) is 35.8 Å². The van der Waals surface area contributed by atoms with E-state index in [0.717, 1.165) is 46.9 Å². The van der Waals surface area contributed by atoms with Gasteiger partial charge in [-0.2, -0.15) is 10.1 Å². The van der Waals surface area contributed by atoms with E-state index in [0.29, 0.717) is 11.9 Å². The molecule has 4 rings (SSSR count). The molecule has 8 heteroatoms. The Morgan fingerprint density at radius 1 is 1.23 bits per heavy atom. The van der Waals surface area contributed by atoms with Gasteiger partial charge in [-0.25, -0.2) is 4.98 Å². The van der Waals surface area contributed by atoms with Gasteiger partial charge in [0.15, 0.2) is 0 Å². The van der Waals surface area contributed by atoms with E-state index in [1.165, 1.54) is 11.1 Å². The zero-order valence-corrected chi connectivity index (χ0v) is 19.4. The maximum atomic E-state index is 5.99. The second kappa shape index (κ2) is 8.35. The topological polar surface area (TPSA) is 84.9 Å². The van der Waals surface area contributed by atoms with Crippen molar-refractivity contribution >= 4 is 27.7 Å². The molecular weight excluding hydrogens is 442 g/mol. The molecule has 0 saturated carbocycles. The molecule has 0 radical (unpaired) electrons. The first-order valence-corrected chi connectivity index (χ1v) is 11.0. The Morgan fingerprint density at radius 2 is 2.03 bits per heavy atom. The maximum absolute atomic E-state index is 5.99. The summed E-state index contributed by atoms with van der Waals surface area (Å²) < 4.78 is 3.00. The third kappa shape index (κ3) is 4.06. The molecule has 2 aromatic heterocycles. The lowest BCUT2D eigenvalue weighted by atomic mass is 9.98. The van der Waals surface area contributed by atoms with Crippen LogP contribution in [-0.2, 0) is 7.05 Å². The van der Waals surface area contributed by atoms with E-state index in [1.807, 2.05) is 17.9 Å². The minimum Gasteiger partial charge on any atom is -0.368 e. The lowest BCUT2D eigenvalue weighted by Crippen LogP contribution is -2.46. The van der Waals surface area contributed by atoms with E-state index in [-0.39, 0.29) is 6.04 Å². The van der Waals surface area contributed by atoms with Crippen molar-refractivity contribution in [1.29, 1.82) is 0 Å². The molecule has 1 aliphatic heterocycles. The third-order valence-corrected chi connectivity index (χ3v) is 6.48. The number of benzene rings is 1. The molecule has 3 heterocycles. The van der Waals surface area contributed by atoms with Gasteiger partial charge < -0.3 is 16.0 Å². The number of halogens is 1. The second-order valence-electron chi connectivity index (χ2n) is 8.12. The van der Waals surface area contributed by atoms with Crippen LogP contribution >= 0.6 is 15.9 Å². The summed E-state index contributed by atoms with van der Waals surface area (Å²) in [6.45, 7) is 8.89. The summed E-state index contributed by atoms with van der Waals surface area (Å²) in [5, 5.41) is 8.05. The van der Waals surface area contributed by atoms with E-state index in [2.05, 4.69) is 86.2 Å². The average molecular weight is 470 g/mol. The van der Waals surface area contributed by atoms with E-state index < -0.39 is 0 Å². The Balaban J connectivity index is 1.64. The van der Waals surface area contributed by atoms with Crippen LogP contribution in [0.25, 0.3) is 11.1 Å². The fourth-order valence-corrected chi connectivity index (χ4v) is 4.38. The van der Waals surface area contributed by atoms with Crippen molar-refractivity contribution in [3.05, 3.63) is 51.9 Å². The Bertz CT molecular complexity index is 1060. The van der Waals surface area contributed by atoms with Gasteiger partial charge in [0.1, 0.15) is 5.82 Å². The first-order chi connectivity index (χ1) is 14.3. The molecule has 1 aromatic carbocycles. The van der Waals surface area contributed by atoms with Crippen LogP contribution < -0.4 is 16.0 Å². The van der Waals surface area contributed by atoms with Crippen LogP contribution in [0.5, 0.6) is 0 Å². The smallest absolute Gasteiger partial charge is 0.222 e. The van der Waals surface area contributed by atoms with Crippen molar-refractivity contribution in [3.8, 4) is 11.1 Å².